The van der Waals surface area contributed by atoms with Crippen molar-refractivity contribution in [3.05, 3.63) is 63.2 Å². The van der Waals surface area contributed by atoms with Crippen molar-refractivity contribution in [1.29, 1.82) is 0 Å². The molecule has 232 valence electrons. The number of fused-ring (bicyclic) bond motifs is 2. The number of sulfone groups is 1. The molecule has 4 aromatic rings. The van der Waals surface area contributed by atoms with Crippen molar-refractivity contribution in [2.24, 2.45) is 0 Å². The maximum absolute atomic E-state index is 14.1. The molecule has 4 nitrogen and oxygen atoms in total. The zero-order valence-corrected chi connectivity index (χ0v) is 38.7. The molecule has 0 amide bonds. The van der Waals surface area contributed by atoms with Gasteiger partial charge in [0, 0.05) is 38.3 Å². The molecule has 0 aromatic heterocycles. The Bertz CT molecular complexity index is 1690. The van der Waals surface area contributed by atoms with Crippen LogP contribution in [0.3, 0.4) is 0 Å². The summed E-state index contributed by atoms with van der Waals surface area (Å²) in [5, 5.41) is 2.91. The number of halogens is 10. The van der Waals surface area contributed by atoms with Crippen LogP contribution in [0.4, 0.5) is 0 Å². The second-order valence-electron chi connectivity index (χ2n) is 9.52. The fourth-order valence-electron chi connectivity index (χ4n) is 4.06. The van der Waals surface area contributed by atoms with E-state index in [2.05, 4.69) is 159 Å². The van der Waals surface area contributed by atoms with E-state index in [0.29, 0.717) is 44.4 Å². The van der Waals surface area contributed by atoms with Gasteiger partial charge < -0.3 is 9.47 Å². The van der Waals surface area contributed by atoms with Gasteiger partial charge in [0.1, 0.15) is 24.7 Å². The lowest BCUT2D eigenvalue weighted by atomic mass is 10.1. The minimum atomic E-state index is -3.94. The Morgan fingerprint density at radius 3 is 1.26 bits per heavy atom. The Labute approximate surface area is 334 Å². The van der Waals surface area contributed by atoms with E-state index in [-0.39, 0.29) is 29.1 Å². The average Bonchev–Trinajstić information content (AvgIpc) is 2.92. The van der Waals surface area contributed by atoms with Gasteiger partial charge in [0.15, 0.2) is 0 Å². The van der Waals surface area contributed by atoms with Crippen molar-refractivity contribution in [3.63, 3.8) is 0 Å². The lowest BCUT2D eigenvalue weighted by molar-refractivity contribution is 0.320. The standard InChI is InChI=1S/C28H20Br10O4S/c1-11(29)21(35)9-41-27-23-13(5-19(33)25(27)37)3-15(7-17(23)31)43(39,40)16-4-14-6-20(34)26(38)28(24(14)18(32)8-16)42-10-22(36)12(2)30/h3-8,11-12,21-22H,9-10H2,1-2H3. The van der Waals surface area contributed by atoms with E-state index in [1.165, 1.54) is 0 Å². The highest BCUT2D eigenvalue weighted by Gasteiger charge is 2.26. The van der Waals surface area contributed by atoms with Crippen molar-refractivity contribution in [2.75, 3.05) is 13.2 Å². The fraction of sp³-hybridized carbons (Fsp3) is 0.286. The van der Waals surface area contributed by atoms with Crippen LogP contribution in [0.2, 0.25) is 0 Å². The van der Waals surface area contributed by atoms with Crippen molar-refractivity contribution >= 4 is 191 Å². The van der Waals surface area contributed by atoms with Crippen LogP contribution in [0.1, 0.15) is 13.8 Å². The average molecular weight is 1250 g/mol. The lowest BCUT2D eigenvalue weighted by Gasteiger charge is -2.19. The molecule has 0 aliphatic rings. The first kappa shape index (κ1) is 37.6. The van der Waals surface area contributed by atoms with Gasteiger partial charge in [0.05, 0.1) is 28.4 Å². The third kappa shape index (κ3) is 8.32. The number of ether oxygens (including phenoxy) is 2. The maximum Gasteiger partial charge on any atom is 0.206 e. The van der Waals surface area contributed by atoms with Gasteiger partial charge in [-0.1, -0.05) is 77.6 Å². The highest BCUT2D eigenvalue weighted by molar-refractivity contribution is 9.14. The van der Waals surface area contributed by atoms with Gasteiger partial charge in [0.2, 0.25) is 9.84 Å². The summed E-state index contributed by atoms with van der Waals surface area (Å²) in [5.41, 5.74) is 0. The number of alkyl halides is 4. The molecule has 4 unspecified atom stereocenters. The SMILES string of the molecule is CC(Br)C(Br)COc1c(Br)c(Br)cc2cc(S(=O)(=O)c3cc(Br)c4c(OCC(Br)C(C)Br)c(Br)c(Br)cc4c3)cc(Br)c12. The van der Waals surface area contributed by atoms with E-state index in [1.807, 2.05) is 26.0 Å². The first-order valence-electron chi connectivity index (χ1n) is 12.3. The normalized spacial score (nSPS) is 15.0. The van der Waals surface area contributed by atoms with E-state index in [4.69, 9.17) is 9.47 Å². The van der Waals surface area contributed by atoms with Crippen LogP contribution in [0.25, 0.3) is 21.5 Å². The number of rotatable bonds is 10. The van der Waals surface area contributed by atoms with Gasteiger partial charge in [-0.3, -0.25) is 0 Å². The first-order valence-corrected chi connectivity index (χ1v) is 22.2. The van der Waals surface area contributed by atoms with Gasteiger partial charge in [-0.15, -0.1) is 0 Å². The molecule has 0 saturated carbocycles. The molecule has 4 rings (SSSR count). The molecule has 0 N–H and O–H groups in total. The molecule has 0 aliphatic heterocycles. The quantitative estimate of drug-likeness (QED) is 0.149. The minimum absolute atomic E-state index is 0.0682. The van der Waals surface area contributed by atoms with E-state index in [9.17, 15) is 8.42 Å². The molecule has 0 heterocycles. The van der Waals surface area contributed by atoms with Gasteiger partial charge in [-0.2, -0.15) is 0 Å². The van der Waals surface area contributed by atoms with Crippen molar-refractivity contribution in [2.45, 2.75) is 42.9 Å². The predicted molar refractivity (Wildman–Crippen MR) is 213 cm³/mol. The fourth-order valence-corrected chi connectivity index (χ4v) is 9.33. The molecule has 0 radical (unpaired) electrons. The Morgan fingerprint density at radius 1 is 0.581 bits per heavy atom. The first-order chi connectivity index (χ1) is 20.0. The summed E-state index contributed by atoms with van der Waals surface area (Å²) in [6, 6.07) is 10.3. The van der Waals surface area contributed by atoms with Gasteiger partial charge in [-0.05, 0) is 143 Å². The van der Waals surface area contributed by atoms with Crippen LogP contribution >= 0.6 is 159 Å². The summed E-state index contributed by atoms with van der Waals surface area (Å²) >= 11 is 36.1. The van der Waals surface area contributed by atoms with Crippen molar-refractivity contribution < 1.29 is 17.9 Å². The molecule has 0 aliphatic carbocycles. The minimum Gasteiger partial charge on any atom is -0.490 e. The number of hydrogen-bond donors (Lipinski definition) is 0. The van der Waals surface area contributed by atoms with E-state index < -0.39 is 9.84 Å². The van der Waals surface area contributed by atoms with Crippen LogP contribution in [0.15, 0.2) is 73.0 Å². The van der Waals surface area contributed by atoms with Crippen LogP contribution in [-0.4, -0.2) is 40.9 Å². The summed E-state index contributed by atoms with van der Waals surface area (Å²) < 4.78 is 44.8. The third-order valence-electron chi connectivity index (χ3n) is 6.42. The number of benzene rings is 4. The topological polar surface area (TPSA) is 52.6 Å². The lowest BCUT2D eigenvalue weighted by Crippen LogP contribution is -2.19. The Morgan fingerprint density at radius 2 is 0.930 bits per heavy atom. The highest BCUT2D eigenvalue weighted by Crippen LogP contribution is 2.47. The molecule has 0 spiro atoms. The molecule has 15 heteroatoms. The largest absolute Gasteiger partial charge is 0.490 e. The molecule has 0 saturated heterocycles. The Balaban J connectivity index is 1.83. The van der Waals surface area contributed by atoms with E-state index in [0.717, 1.165) is 28.7 Å². The van der Waals surface area contributed by atoms with Gasteiger partial charge in [0.25, 0.3) is 0 Å². The Hall–Kier alpha value is 1.75. The van der Waals surface area contributed by atoms with Crippen LogP contribution in [0, 0.1) is 0 Å². The zero-order valence-electron chi connectivity index (χ0n) is 22.0. The second kappa shape index (κ2) is 15.5. The summed E-state index contributed by atoms with van der Waals surface area (Å²) in [5.74, 6) is 1.21. The summed E-state index contributed by atoms with van der Waals surface area (Å²) in [6.45, 7) is 4.86. The van der Waals surface area contributed by atoms with Gasteiger partial charge in [-0.25, -0.2) is 8.42 Å². The molecular weight excluding hydrogens is 1230 g/mol. The number of hydrogen-bond acceptors (Lipinski definition) is 4. The zero-order chi connectivity index (χ0) is 32.0. The molecule has 4 aromatic carbocycles. The van der Waals surface area contributed by atoms with Crippen LogP contribution in [-0.2, 0) is 9.84 Å². The van der Waals surface area contributed by atoms with Crippen LogP contribution in [0.5, 0.6) is 11.5 Å². The van der Waals surface area contributed by atoms with Crippen molar-refractivity contribution in [1.82, 2.24) is 0 Å². The molecule has 0 fully saturated rings. The summed E-state index contributed by atoms with van der Waals surface area (Å²) in [4.78, 5) is 0.806. The highest BCUT2D eigenvalue weighted by atomic mass is 79.9. The molecule has 0 bridgehead atoms. The third-order valence-corrected chi connectivity index (χ3v) is 18.1. The summed E-state index contributed by atoms with van der Waals surface area (Å²) in [6.07, 6.45) is 0. The predicted octanol–water partition coefficient (Wildman–Crippen LogP) is 13.3. The second-order valence-corrected chi connectivity index (χ2v) is 21.7. The Kier molecular flexibility index (Phi) is 13.6. The molecular formula is C28H20Br10O4S. The molecule has 43 heavy (non-hydrogen) atoms. The molecule has 4 atom stereocenters. The smallest absolute Gasteiger partial charge is 0.206 e. The van der Waals surface area contributed by atoms with Crippen molar-refractivity contribution in [3.8, 4) is 11.5 Å². The van der Waals surface area contributed by atoms with E-state index >= 15 is 0 Å². The maximum atomic E-state index is 14.1. The van der Waals surface area contributed by atoms with Crippen LogP contribution < -0.4 is 9.47 Å². The van der Waals surface area contributed by atoms with Gasteiger partial charge >= 0.3 is 0 Å². The summed E-state index contributed by atoms with van der Waals surface area (Å²) in [7, 11) is -3.94. The van der Waals surface area contributed by atoms with E-state index in [1.54, 1.807) is 24.3 Å². The monoisotopic (exact) mass is 1240 g/mol.